The van der Waals surface area contributed by atoms with Gasteiger partial charge >= 0.3 is 0 Å². The predicted molar refractivity (Wildman–Crippen MR) is 69.3 cm³/mol. The van der Waals surface area contributed by atoms with Crippen LogP contribution < -0.4 is 0 Å². The van der Waals surface area contributed by atoms with E-state index in [1.165, 1.54) is 24.8 Å². The molecular formula is C13H21O2P. The van der Waals surface area contributed by atoms with Gasteiger partial charge in [0.15, 0.2) is 8.03 Å². The maximum absolute atomic E-state index is 10.5. The monoisotopic (exact) mass is 240 g/mol. The van der Waals surface area contributed by atoms with Gasteiger partial charge in [-0.15, -0.1) is 0 Å². The van der Waals surface area contributed by atoms with Crippen LogP contribution in [0.15, 0.2) is 30.3 Å². The topological polar surface area (TPSA) is 37.3 Å². The third-order valence-corrected chi connectivity index (χ3v) is 3.48. The van der Waals surface area contributed by atoms with Crippen molar-refractivity contribution in [2.75, 3.05) is 6.16 Å². The molecule has 1 aromatic rings. The minimum absolute atomic E-state index is 0.503. The van der Waals surface area contributed by atoms with Gasteiger partial charge in [0.25, 0.3) is 0 Å². The number of unbranched alkanes of at least 4 members (excludes halogenated alkanes) is 4. The van der Waals surface area contributed by atoms with Crippen molar-refractivity contribution in [3.05, 3.63) is 35.9 Å². The molecule has 2 nitrogen and oxygen atoms in total. The fourth-order valence-electron chi connectivity index (χ4n) is 1.78. The Hall–Kier alpha value is -0.590. The molecule has 1 atom stereocenters. The molecule has 1 unspecified atom stereocenters. The highest BCUT2D eigenvalue weighted by atomic mass is 31.1. The SMILES string of the molecule is O=[PH](O)CCCCCCCc1ccccc1. The molecule has 1 N–H and O–H groups in total. The Bertz CT molecular complexity index is 298. The van der Waals surface area contributed by atoms with E-state index < -0.39 is 8.03 Å². The van der Waals surface area contributed by atoms with E-state index >= 15 is 0 Å². The largest absolute Gasteiger partial charge is 0.346 e. The molecule has 0 aliphatic carbocycles. The quantitative estimate of drug-likeness (QED) is 0.556. The molecule has 0 fully saturated rings. The molecule has 0 saturated heterocycles. The normalized spacial score (nSPS) is 12.6. The van der Waals surface area contributed by atoms with Crippen molar-refractivity contribution >= 4 is 8.03 Å². The number of hydrogen-bond acceptors (Lipinski definition) is 1. The second-order valence-electron chi connectivity index (χ2n) is 4.15. The highest BCUT2D eigenvalue weighted by Gasteiger charge is 1.95. The highest BCUT2D eigenvalue weighted by Crippen LogP contribution is 2.16. The van der Waals surface area contributed by atoms with Crippen LogP contribution in [-0.2, 0) is 11.0 Å². The lowest BCUT2D eigenvalue weighted by Crippen LogP contribution is -1.86. The summed E-state index contributed by atoms with van der Waals surface area (Å²) in [5.41, 5.74) is 1.41. The van der Waals surface area contributed by atoms with Gasteiger partial charge in [0, 0.05) is 6.16 Å². The van der Waals surface area contributed by atoms with Crippen LogP contribution in [0.4, 0.5) is 0 Å². The zero-order valence-corrected chi connectivity index (χ0v) is 10.7. The first-order valence-electron chi connectivity index (χ1n) is 6.05. The second-order valence-corrected chi connectivity index (χ2v) is 5.43. The Balaban J connectivity index is 1.94. The first-order chi connectivity index (χ1) is 7.79. The summed E-state index contributed by atoms with van der Waals surface area (Å²) in [6.45, 7) is 0. The first-order valence-corrected chi connectivity index (χ1v) is 7.61. The van der Waals surface area contributed by atoms with E-state index in [2.05, 4.69) is 24.3 Å². The summed E-state index contributed by atoms with van der Waals surface area (Å²) < 4.78 is 10.5. The molecule has 90 valence electrons. The van der Waals surface area contributed by atoms with Crippen molar-refractivity contribution in [2.45, 2.75) is 38.5 Å². The zero-order valence-electron chi connectivity index (χ0n) is 9.69. The fraction of sp³-hybridized carbons (Fsp3) is 0.538. The summed E-state index contributed by atoms with van der Waals surface area (Å²) in [7, 11) is -2.22. The molecule has 0 radical (unpaired) electrons. The van der Waals surface area contributed by atoms with Crippen molar-refractivity contribution in [1.82, 2.24) is 0 Å². The van der Waals surface area contributed by atoms with Gasteiger partial charge in [-0.3, -0.25) is 4.57 Å². The van der Waals surface area contributed by atoms with E-state index in [4.69, 9.17) is 4.89 Å². The lowest BCUT2D eigenvalue weighted by molar-refractivity contribution is 0.499. The average Bonchev–Trinajstić information content (AvgIpc) is 2.29. The van der Waals surface area contributed by atoms with Crippen molar-refractivity contribution in [1.29, 1.82) is 0 Å². The smallest absolute Gasteiger partial charge is 0.189 e. The molecule has 0 bridgehead atoms. The standard InChI is InChI=1S/C13H21O2P/c14-16(15)12-8-3-1-2-5-9-13-10-6-4-7-11-13/h4,6-7,10-11,16H,1-3,5,8-9,12H2,(H,14,15). The minimum Gasteiger partial charge on any atom is -0.346 e. The molecule has 0 aliphatic rings. The van der Waals surface area contributed by atoms with Gasteiger partial charge in [0.2, 0.25) is 0 Å². The van der Waals surface area contributed by atoms with Crippen LogP contribution >= 0.6 is 8.03 Å². The van der Waals surface area contributed by atoms with Gasteiger partial charge in [-0.25, -0.2) is 0 Å². The van der Waals surface area contributed by atoms with Crippen molar-refractivity contribution in [2.24, 2.45) is 0 Å². The molecule has 0 aliphatic heterocycles. The van der Waals surface area contributed by atoms with Crippen LogP contribution in [0.5, 0.6) is 0 Å². The Kier molecular flexibility index (Phi) is 7.20. The van der Waals surface area contributed by atoms with Crippen LogP contribution in [0.25, 0.3) is 0 Å². The second kappa shape index (κ2) is 8.55. The number of benzene rings is 1. The molecule has 0 heterocycles. The Morgan fingerprint density at radius 3 is 2.25 bits per heavy atom. The van der Waals surface area contributed by atoms with Crippen LogP contribution in [0.3, 0.4) is 0 Å². The van der Waals surface area contributed by atoms with Gasteiger partial charge in [-0.2, -0.15) is 0 Å². The van der Waals surface area contributed by atoms with Gasteiger partial charge in [-0.1, -0.05) is 49.6 Å². The van der Waals surface area contributed by atoms with E-state index in [1.54, 1.807) is 0 Å². The van der Waals surface area contributed by atoms with E-state index in [-0.39, 0.29) is 0 Å². The maximum Gasteiger partial charge on any atom is 0.189 e. The zero-order chi connectivity index (χ0) is 11.6. The molecule has 1 aromatic carbocycles. The van der Waals surface area contributed by atoms with E-state index in [0.29, 0.717) is 6.16 Å². The molecule has 0 spiro atoms. The van der Waals surface area contributed by atoms with Gasteiger partial charge in [0.1, 0.15) is 0 Å². The summed E-state index contributed by atoms with van der Waals surface area (Å²) in [5.74, 6) is 0. The molecule has 0 saturated carbocycles. The predicted octanol–water partition coefficient (Wildman–Crippen LogP) is 3.65. The van der Waals surface area contributed by atoms with Crippen LogP contribution in [0, 0.1) is 0 Å². The minimum atomic E-state index is -2.22. The van der Waals surface area contributed by atoms with Crippen molar-refractivity contribution in [3.63, 3.8) is 0 Å². The van der Waals surface area contributed by atoms with E-state index in [9.17, 15) is 4.57 Å². The summed E-state index contributed by atoms with van der Waals surface area (Å²) >= 11 is 0. The summed E-state index contributed by atoms with van der Waals surface area (Å²) in [6, 6.07) is 10.5. The van der Waals surface area contributed by atoms with E-state index in [1.807, 2.05) is 6.07 Å². The van der Waals surface area contributed by atoms with E-state index in [0.717, 1.165) is 19.3 Å². The van der Waals surface area contributed by atoms with Gasteiger partial charge < -0.3 is 4.89 Å². The van der Waals surface area contributed by atoms with Gasteiger partial charge in [0.05, 0.1) is 0 Å². The third kappa shape index (κ3) is 6.81. The summed E-state index contributed by atoms with van der Waals surface area (Å²) in [6.07, 6.45) is 7.27. The van der Waals surface area contributed by atoms with Crippen LogP contribution in [0.2, 0.25) is 0 Å². The fourth-order valence-corrected chi connectivity index (χ4v) is 2.33. The van der Waals surface area contributed by atoms with Crippen molar-refractivity contribution in [3.8, 4) is 0 Å². The molecular weight excluding hydrogens is 219 g/mol. The Morgan fingerprint density at radius 2 is 1.56 bits per heavy atom. The molecule has 0 amide bonds. The molecule has 1 rings (SSSR count). The summed E-state index contributed by atoms with van der Waals surface area (Å²) in [5, 5.41) is 0. The lowest BCUT2D eigenvalue weighted by Gasteiger charge is -2.01. The molecule has 0 aromatic heterocycles. The number of rotatable bonds is 8. The number of hydrogen-bond donors (Lipinski definition) is 1. The molecule has 16 heavy (non-hydrogen) atoms. The van der Waals surface area contributed by atoms with Gasteiger partial charge in [-0.05, 0) is 24.8 Å². The molecule has 3 heteroatoms. The van der Waals surface area contributed by atoms with Crippen LogP contribution in [0.1, 0.15) is 37.7 Å². The highest BCUT2D eigenvalue weighted by molar-refractivity contribution is 7.37. The first kappa shape index (κ1) is 13.5. The summed E-state index contributed by atoms with van der Waals surface area (Å²) in [4.78, 5) is 8.65. The van der Waals surface area contributed by atoms with Crippen molar-refractivity contribution < 1.29 is 9.46 Å². The Morgan fingerprint density at radius 1 is 0.938 bits per heavy atom. The third-order valence-electron chi connectivity index (χ3n) is 2.70. The lowest BCUT2D eigenvalue weighted by atomic mass is 10.1. The number of aryl methyl sites for hydroxylation is 1. The van der Waals surface area contributed by atoms with Crippen LogP contribution in [-0.4, -0.2) is 11.1 Å². The maximum atomic E-state index is 10.5. The Labute approximate surface area is 98.6 Å². The average molecular weight is 240 g/mol.